The van der Waals surface area contributed by atoms with Crippen LogP contribution < -0.4 is 4.72 Å². The molecule has 6 nitrogen and oxygen atoms in total. The minimum Gasteiger partial charge on any atom is -0.445 e. The monoisotopic (exact) mass is 346 g/mol. The Kier molecular flexibility index (Phi) is 7.18. The summed E-state index contributed by atoms with van der Waals surface area (Å²) >= 11 is 5.21. The Morgan fingerprint density at radius 1 is 1.55 bits per heavy atom. The molecule has 1 rings (SSSR count). The quantitative estimate of drug-likeness (QED) is 0.558. The zero-order valence-electron chi connectivity index (χ0n) is 12.8. The standard InChI is InChI=1S/C14H22N2O4S2/c1-4-8-20-14(17)16-10-12(11(2)21)9-13(16)6-5-7-15-22(3,18)19/h4-6,12-13,15H,1,7-10H2,2-3H3/t12-,13+/m0/s1. The van der Waals surface area contributed by atoms with E-state index in [1.807, 2.05) is 13.0 Å². The largest absolute Gasteiger partial charge is 0.445 e. The van der Waals surface area contributed by atoms with Gasteiger partial charge in [0, 0.05) is 19.0 Å². The SMILES string of the molecule is C=CCOC(=O)N1C[C@@H](C(C)=S)C[C@H]1C=CCNS(C)(=O)=O. The molecule has 22 heavy (non-hydrogen) atoms. The van der Waals surface area contributed by atoms with E-state index >= 15 is 0 Å². The molecule has 0 aromatic heterocycles. The van der Waals surface area contributed by atoms with Gasteiger partial charge < -0.3 is 9.64 Å². The Bertz CT molecular complexity index is 557. The third kappa shape index (κ3) is 6.25. The minimum absolute atomic E-state index is 0.142. The first-order chi connectivity index (χ1) is 10.2. The molecule has 124 valence electrons. The second-order valence-corrected chi connectivity index (χ2v) is 7.65. The number of nitrogens with one attached hydrogen (secondary N) is 1. The molecule has 0 radical (unpaired) electrons. The van der Waals surface area contributed by atoms with Gasteiger partial charge in [0.2, 0.25) is 10.0 Å². The lowest BCUT2D eigenvalue weighted by Gasteiger charge is -2.21. The van der Waals surface area contributed by atoms with Gasteiger partial charge in [-0.3, -0.25) is 0 Å². The zero-order valence-corrected chi connectivity index (χ0v) is 14.5. The molecule has 1 N–H and O–H groups in total. The molecule has 1 amide bonds. The van der Waals surface area contributed by atoms with Crippen molar-refractivity contribution in [1.29, 1.82) is 0 Å². The van der Waals surface area contributed by atoms with Gasteiger partial charge in [-0.2, -0.15) is 0 Å². The summed E-state index contributed by atoms with van der Waals surface area (Å²) in [4.78, 5) is 14.5. The van der Waals surface area contributed by atoms with Crippen LogP contribution in [0.4, 0.5) is 4.79 Å². The van der Waals surface area contributed by atoms with E-state index in [4.69, 9.17) is 17.0 Å². The predicted molar refractivity (Wildman–Crippen MR) is 90.4 cm³/mol. The van der Waals surface area contributed by atoms with Crippen molar-refractivity contribution >= 4 is 33.2 Å². The Hall–Kier alpha value is -1.25. The van der Waals surface area contributed by atoms with E-state index in [2.05, 4.69) is 11.3 Å². The van der Waals surface area contributed by atoms with E-state index in [1.54, 1.807) is 11.0 Å². The first-order valence-corrected chi connectivity index (χ1v) is 9.20. The van der Waals surface area contributed by atoms with Crippen molar-refractivity contribution in [3.63, 3.8) is 0 Å². The highest BCUT2D eigenvalue weighted by Crippen LogP contribution is 2.26. The number of thiocarbonyl (C=S) groups is 1. The Morgan fingerprint density at radius 3 is 2.77 bits per heavy atom. The zero-order chi connectivity index (χ0) is 16.8. The van der Waals surface area contributed by atoms with E-state index in [1.165, 1.54) is 6.08 Å². The number of carbonyl (C=O) groups is 1. The van der Waals surface area contributed by atoms with E-state index in [9.17, 15) is 13.2 Å². The van der Waals surface area contributed by atoms with Gasteiger partial charge in [-0.15, -0.1) is 0 Å². The lowest BCUT2D eigenvalue weighted by atomic mass is 10.0. The van der Waals surface area contributed by atoms with Crippen LogP contribution in [0.25, 0.3) is 0 Å². The number of amides is 1. The van der Waals surface area contributed by atoms with E-state index < -0.39 is 16.1 Å². The number of hydrogen-bond donors (Lipinski definition) is 1. The fourth-order valence-corrected chi connectivity index (χ4v) is 2.76. The van der Waals surface area contributed by atoms with Crippen LogP contribution in [0.5, 0.6) is 0 Å². The van der Waals surface area contributed by atoms with Crippen LogP contribution in [-0.2, 0) is 14.8 Å². The Balaban J connectivity index is 2.69. The number of ether oxygens (including phenoxy) is 1. The van der Waals surface area contributed by atoms with Gasteiger partial charge >= 0.3 is 6.09 Å². The van der Waals surface area contributed by atoms with Crippen LogP contribution in [0.2, 0.25) is 0 Å². The lowest BCUT2D eigenvalue weighted by molar-refractivity contribution is 0.113. The summed E-state index contributed by atoms with van der Waals surface area (Å²) in [5, 5.41) is 0. The maximum Gasteiger partial charge on any atom is 0.410 e. The smallest absolute Gasteiger partial charge is 0.410 e. The summed E-state index contributed by atoms with van der Waals surface area (Å²) in [6.07, 6.45) is 6.42. The van der Waals surface area contributed by atoms with Gasteiger partial charge in [-0.1, -0.05) is 37.0 Å². The summed E-state index contributed by atoms with van der Waals surface area (Å²) in [6, 6.07) is -0.151. The molecule has 1 fully saturated rings. The molecule has 0 bridgehead atoms. The molecule has 1 saturated heterocycles. The third-order valence-corrected chi connectivity index (χ3v) is 4.32. The average Bonchev–Trinajstić information content (AvgIpc) is 2.84. The number of sulfonamides is 1. The maximum absolute atomic E-state index is 12.0. The number of likely N-dealkylation sites (tertiary alicyclic amines) is 1. The second-order valence-electron chi connectivity index (χ2n) is 5.18. The van der Waals surface area contributed by atoms with Crippen LogP contribution in [0, 0.1) is 5.92 Å². The van der Waals surface area contributed by atoms with Crippen LogP contribution >= 0.6 is 12.2 Å². The summed E-state index contributed by atoms with van der Waals surface area (Å²) < 4.78 is 29.5. The van der Waals surface area contributed by atoms with Crippen LogP contribution in [0.1, 0.15) is 13.3 Å². The summed E-state index contributed by atoms with van der Waals surface area (Å²) in [5.41, 5.74) is 0. The van der Waals surface area contributed by atoms with Crippen molar-refractivity contribution in [2.24, 2.45) is 5.92 Å². The van der Waals surface area contributed by atoms with E-state index in [-0.39, 0.29) is 25.1 Å². The Morgan fingerprint density at radius 2 is 2.23 bits per heavy atom. The van der Waals surface area contributed by atoms with Gasteiger partial charge in [0.25, 0.3) is 0 Å². The molecule has 0 aromatic carbocycles. The lowest BCUT2D eigenvalue weighted by Crippen LogP contribution is -2.35. The van der Waals surface area contributed by atoms with Crippen molar-refractivity contribution in [3.05, 3.63) is 24.8 Å². The summed E-state index contributed by atoms with van der Waals surface area (Å²) in [6.45, 7) is 6.23. The Labute approximate surface area is 137 Å². The van der Waals surface area contributed by atoms with Crippen molar-refractivity contribution in [3.8, 4) is 0 Å². The molecule has 1 aliphatic rings. The number of nitrogens with zero attached hydrogens (tertiary/aromatic N) is 1. The van der Waals surface area contributed by atoms with Crippen LogP contribution in [0.3, 0.4) is 0 Å². The van der Waals surface area contributed by atoms with Crippen molar-refractivity contribution in [2.45, 2.75) is 19.4 Å². The minimum atomic E-state index is -3.22. The number of rotatable bonds is 7. The molecule has 0 aromatic rings. The van der Waals surface area contributed by atoms with Gasteiger partial charge in [0.15, 0.2) is 0 Å². The molecule has 1 heterocycles. The first-order valence-electron chi connectivity index (χ1n) is 6.90. The maximum atomic E-state index is 12.0. The average molecular weight is 346 g/mol. The molecule has 0 aliphatic carbocycles. The topological polar surface area (TPSA) is 75.7 Å². The summed E-state index contributed by atoms with van der Waals surface area (Å²) in [5.74, 6) is 0.142. The molecular weight excluding hydrogens is 324 g/mol. The molecule has 0 unspecified atom stereocenters. The number of carbonyl (C=O) groups excluding carboxylic acids is 1. The van der Waals surface area contributed by atoms with E-state index in [0.717, 1.165) is 11.1 Å². The van der Waals surface area contributed by atoms with Crippen molar-refractivity contribution in [1.82, 2.24) is 9.62 Å². The first kappa shape index (κ1) is 18.8. The second kappa shape index (κ2) is 8.40. The highest BCUT2D eigenvalue weighted by atomic mass is 32.2. The predicted octanol–water partition coefficient (Wildman–Crippen LogP) is 1.49. The van der Waals surface area contributed by atoms with Gasteiger partial charge in [-0.05, 0) is 18.2 Å². The highest BCUT2D eigenvalue weighted by Gasteiger charge is 2.35. The van der Waals surface area contributed by atoms with Gasteiger partial charge in [0.05, 0.1) is 12.3 Å². The molecule has 0 saturated carbocycles. The normalized spacial score (nSPS) is 22.0. The van der Waals surface area contributed by atoms with Crippen LogP contribution in [0.15, 0.2) is 24.8 Å². The highest BCUT2D eigenvalue weighted by molar-refractivity contribution is 7.88. The summed E-state index contributed by atoms with van der Waals surface area (Å²) in [7, 11) is -3.22. The molecular formula is C14H22N2O4S2. The van der Waals surface area contributed by atoms with E-state index in [0.29, 0.717) is 13.0 Å². The molecule has 1 aliphatic heterocycles. The molecule has 0 spiro atoms. The third-order valence-electron chi connectivity index (χ3n) is 3.30. The van der Waals surface area contributed by atoms with Crippen LogP contribution in [-0.4, -0.2) is 56.3 Å². The molecule has 8 heteroatoms. The number of hydrogen-bond acceptors (Lipinski definition) is 5. The van der Waals surface area contributed by atoms with Gasteiger partial charge in [0.1, 0.15) is 6.61 Å². The van der Waals surface area contributed by atoms with Crippen molar-refractivity contribution in [2.75, 3.05) is 26.0 Å². The fourth-order valence-electron chi connectivity index (χ4n) is 2.19. The fraction of sp³-hybridized carbons (Fsp3) is 0.571. The molecule has 2 atom stereocenters. The van der Waals surface area contributed by atoms with Crippen molar-refractivity contribution < 1.29 is 17.9 Å². The van der Waals surface area contributed by atoms with Gasteiger partial charge in [-0.25, -0.2) is 17.9 Å².